The van der Waals surface area contributed by atoms with E-state index in [0.717, 1.165) is 6.42 Å². The van der Waals surface area contributed by atoms with Gasteiger partial charge in [0, 0.05) is 19.0 Å². The molecule has 1 N–H and O–H groups in total. The van der Waals surface area contributed by atoms with E-state index >= 15 is 0 Å². The number of sulfone groups is 1. The molecule has 2 atom stereocenters. The normalized spacial score (nSPS) is 19.0. The summed E-state index contributed by atoms with van der Waals surface area (Å²) >= 11 is 1.32. The Bertz CT molecular complexity index is 957. The summed E-state index contributed by atoms with van der Waals surface area (Å²) in [6, 6.07) is 10.00. The summed E-state index contributed by atoms with van der Waals surface area (Å²) in [5.41, 5.74) is 1.18. The summed E-state index contributed by atoms with van der Waals surface area (Å²) < 4.78 is 25.5. The first-order chi connectivity index (χ1) is 13.9. The number of hydrogen-bond acceptors (Lipinski definition) is 6. The molecule has 1 aliphatic heterocycles. The summed E-state index contributed by atoms with van der Waals surface area (Å²) in [6.45, 7) is 6.65. The van der Waals surface area contributed by atoms with E-state index in [0.29, 0.717) is 30.5 Å². The number of thioether (sulfide) groups is 1. The lowest BCUT2D eigenvalue weighted by atomic mass is 10.1. The SMILES string of the molecule is C=CCn1c(SC(C)C(=O)NCCc2ccccc2)nnc1C1CCS(=O)(=O)C1. The number of hydrogen-bond donors (Lipinski definition) is 1. The molecular weight excluding hydrogens is 408 g/mol. The zero-order valence-electron chi connectivity index (χ0n) is 16.5. The minimum atomic E-state index is -3.01. The Labute approximate surface area is 175 Å². The number of allylic oxidation sites excluding steroid dienone is 1. The first kappa shape index (κ1) is 21.6. The maximum Gasteiger partial charge on any atom is 0.233 e. The fourth-order valence-corrected chi connectivity index (χ4v) is 5.95. The number of carbonyl (C=O) groups excluding carboxylic acids is 1. The highest BCUT2D eigenvalue weighted by molar-refractivity contribution is 8.00. The molecular formula is C20H26N4O3S2. The van der Waals surface area contributed by atoms with Gasteiger partial charge in [0.05, 0.1) is 16.8 Å². The zero-order chi connectivity index (χ0) is 20.9. The Morgan fingerprint density at radius 2 is 2.14 bits per heavy atom. The molecule has 1 amide bonds. The van der Waals surface area contributed by atoms with Crippen molar-refractivity contribution in [1.82, 2.24) is 20.1 Å². The van der Waals surface area contributed by atoms with Crippen molar-refractivity contribution in [2.75, 3.05) is 18.1 Å². The predicted molar refractivity (Wildman–Crippen MR) is 115 cm³/mol. The van der Waals surface area contributed by atoms with E-state index in [9.17, 15) is 13.2 Å². The van der Waals surface area contributed by atoms with E-state index in [1.165, 1.54) is 17.3 Å². The van der Waals surface area contributed by atoms with Crippen molar-refractivity contribution in [2.45, 2.75) is 42.6 Å². The smallest absolute Gasteiger partial charge is 0.233 e. The van der Waals surface area contributed by atoms with E-state index < -0.39 is 9.84 Å². The lowest BCUT2D eigenvalue weighted by Crippen LogP contribution is -2.32. The highest BCUT2D eigenvalue weighted by Crippen LogP contribution is 2.31. The monoisotopic (exact) mass is 434 g/mol. The largest absolute Gasteiger partial charge is 0.355 e. The number of aromatic nitrogens is 3. The number of nitrogens with zero attached hydrogens (tertiary/aromatic N) is 3. The van der Waals surface area contributed by atoms with Crippen LogP contribution in [0.5, 0.6) is 0 Å². The lowest BCUT2D eigenvalue weighted by molar-refractivity contribution is -0.120. The van der Waals surface area contributed by atoms with Crippen LogP contribution in [-0.2, 0) is 27.6 Å². The Kier molecular flexibility index (Phi) is 7.13. The second-order valence-corrected chi connectivity index (χ2v) is 10.7. The molecule has 0 saturated carbocycles. The topological polar surface area (TPSA) is 93.9 Å². The molecule has 1 saturated heterocycles. The highest BCUT2D eigenvalue weighted by Gasteiger charge is 2.33. The molecule has 1 fully saturated rings. The number of benzene rings is 1. The third-order valence-corrected chi connectivity index (χ3v) is 7.71. The first-order valence-electron chi connectivity index (χ1n) is 9.62. The van der Waals surface area contributed by atoms with Gasteiger partial charge in [-0.05, 0) is 25.3 Å². The van der Waals surface area contributed by atoms with Crippen molar-refractivity contribution in [3.63, 3.8) is 0 Å². The van der Waals surface area contributed by atoms with E-state index in [-0.39, 0.29) is 28.6 Å². The summed E-state index contributed by atoms with van der Waals surface area (Å²) in [7, 11) is -3.01. The average molecular weight is 435 g/mol. The van der Waals surface area contributed by atoms with E-state index in [1.54, 1.807) is 6.08 Å². The van der Waals surface area contributed by atoms with Gasteiger partial charge in [-0.2, -0.15) is 0 Å². The summed E-state index contributed by atoms with van der Waals surface area (Å²) in [5.74, 6) is 0.718. The molecule has 2 unspecified atom stereocenters. The quantitative estimate of drug-likeness (QED) is 0.480. The molecule has 156 valence electrons. The Hall–Kier alpha value is -2.13. The molecule has 1 aromatic heterocycles. The molecule has 0 spiro atoms. The molecule has 1 aromatic carbocycles. The minimum absolute atomic E-state index is 0.0657. The van der Waals surface area contributed by atoms with Crippen LogP contribution < -0.4 is 5.32 Å². The number of rotatable bonds is 9. The molecule has 0 bridgehead atoms. The van der Waals surface area contributed by atoms with E-state index in [4.69, 9.17) is 0 Å². The molecule has 29 heavy (non-hydrogen) atoms. The molecule has 9 heteroatoms. The van der Waals surface area contributed by atoms with Crippen LogP contribution in [0.25, 0.3) is 0 Å². The van der Waals surface area contributed by atoms with Crippen LogP contribution in [0.15, 0.2) is 48.1 Å². The van der Waals surface area contributed by atoms with Crippen LogP contribution in [0.3, 0.4) is 0 Å². The highest BCUT2D eigenvalue weighted by atomic mass is 32.2. The van der Waals surface area contributed by atoms with Crippen molar-refractivity contribution >= 4 is 27.5 Å². The second-order valence-electron chi connectivity index (χ2n) is 7.13. The van der Waals surface area contributed by atoms with Gasteiger partial charge >= 0.3 is 0 Å². The maximum absolute atomic E-state index is 12.5. The van der Waals surface area contributed by atoms with Crippen molar-refractivity contribution in [3.8, 4) is 0 Å². The minimum Gasteiger partial charge on any atom is -0.355 e. The van der Waals surface area contributed by atoms with Crippen molar-refractivity contribution in [3.05, 3.63) is 54.4 Å². The van der Waals surface area contributed by atoms with Crippen LogP contribution in [0.2, 0.25) is 0 Å². The molecule has 2 aromatic rings. The summed E-state index contributed by atoms with van der Waals surface area (Å²) in [4.78, 5) is 12.5. The molecule has 0 radical (unpaired) electrons. The number of nitrogens with one attached hydrogen (secondary N) is 1. The van der Waals surface area contributed by atoms with Crippen molar-refractivity contribution in [2.24, 2.45) is 0 Å². The molecule has 2 heterocycles. The Morgan fingerprint density at radius 1 is 1.38 bits per heavy atom. The third-order valence-electron chi connectivity index (χ3n) is 4.86. The van der Waals surface area contributed by atoms with Crippen molar-refractivity contribution < 1.29 is 13.2 Å². The molecule has 0 aliphatic carbocycles. The van der Waals surface area contributed by atoms with Crippen LogP contribution in [-0.4, -0.2) is 52.4 Å². The van der Waals surface area contributed by atoms with Crippen LogP contribution in [0.1, 0.15) is 30.7 Å². The van der Waals surface area contributed by atoms with Gasteiger partial charge < -0.3 is 9.88 Å². The fraction of sp³-hybridized carbons (Fsp3) is 0.450. The van der Waals surface area contributed by atoms with Gasteiger partial charge in [0.2, 0.25) is 5.91 Å². The van der Waals surface area contributed by atoms with Gasteiger partial charge in [-0.1, -0.05) is 48.2 Å². The van der Waals surface area contributed by atoms with E-state index in [2.05, 4.69) is 22.1 Å². The first-order valence-corrected chi connectivity index (χ1v) is 12.3. The van der Waals surface area contributed by atoms with Gasteiger partial charge in [0.25, 0.3) is 0 Å². The Balaban J connectivity index is 1.61. The fourth-order valence-electron chi connectivity index (χ4n) is 3.32. The van der Waals surface area contributed by atoms with E-state index in [1.807, 2.05) is 41.8 Å². The van der Waals surface area contributed by atoms with Crippen LogP contribution >= 0.6 is 11.8 Å². The third kappa shape index (κ3) is 5.70. The summed E-state index contributed by atoms with van der Waals surface area (Å²) in [6.07, 6.45) is 3.06. The predicted octanol–water partition coefficient (Wildman–Crippen LogP) is 2.21. The second kappa shape index (κ2) is 9.58. The molecule has 3 rings (SSSR count). The van der Waals surface area contributed by atoms with Gasteiger partial charge in [0.15, 0.2) is 15.0 Å². The number of carbonyl (C=O) groups is 1. The molecule has 1 aliphatic rings. The van der Waals surface area contributed by atoms with Crippen molar-refractivity contribution in [1.29, 1.82) is 0 Å². The lowest BCUT2D eigenvalue weighted by Gasteiger charge is -2.14. The Morgan fingerprint density at radius 3 is 2.79 bits per heavy atom. The van der Waals surface area contributed by atoms with Gasteiger partial charge in [0.1, 0.15) is 5.82 Å². The van der Waals surface area contributed by atoms with Gasteiger partial charge in [-0.15, -0.1) is 16.8 Å². The number of amides is 1. The van der Waals surface area contributed by atoms with Crippen LogP contribution in [0.4, 0.5) is 0 Å². The van der Waals surface area contributed by atoms with Gasteiger partial charge in [-0.25, -0.2) is 8.42 Å². The maximum atomic E-state index is 12.5. The van der Waals surface area contributed by atoms with Gasteiger partial charge in [-0.3, -0.25) is 4.79 Å². The summed E-state index contributed by atoms with van der Waals surface area (Å²) in [5, 5.41) is 11.7. The molecule has 7 nitrogen and oxygen atoms in total. The zero-order valence-corrected chi connectivity index (χ0v) is 18.1. The van der Waals surface area contributed by atoms with Crippen LogP contribution in [0, 0.1) is 0 Å². The standard InChI is InChI=1S/C20H26N4O3S2/c1-3-12-24-18(17-10-13-29(26,27)14-17)22-23-20(24)28-15(2)19(25)21-11-9-16-7-5-4-6-8-16/h3-8,15,17H,1,9-14H2,2H3,(H,21,25). The average Bonchev–Trinajstić information content (AvgIpc) is 3.25.